The number of benzene rings is 2. The molecule has 0 unspecified atom stereocenters. The number of allylic oxidation sites excluding steroid dienone is 1. The third-order valence-electron chi connectivity index (χ3n) is 5.10. The predicted molar refractivity (Wildman–Crippen MR) is 121 cm³/mol. The maximum Gasteiger partial charge on any atom is 0.279 e. The van der Waals surface area contributed by atoms with E-state index in [1.165, 1.54) is 17.4 Å². The summed E-state index contributed by atoms with van der Waals surface area (Å²) >= 11 is 1.34. The lowest BCUT2D eigenvalue weighted by Crippen LogP contribution is -2.28. The van der Waals surface area contributed by atoms with Gasteiger partial charge in [-0.3, -0.25) is 19.3 Å². The maximum atomic E-state index is 13.0. The van der Waals surface area contributed by atoms with Gasteiger partial charge in [0.05, 0.1) is 30.1 Å². The molecule has 0 bridgehead atoms. The van der Waals surface area contributed by atoms with Crippen molar-refractivity contribution in [2.45, 2.75) is 19.4 Å². The zero-order chi connectivity index (χ0) is 22.8. The number of anilines is 1. The highest BCUT2D eigenvalue weighted by atomic mass is 32.1. The van der Waals surface area contributed by atoms with Gasteiger partial charge in [0.25, 0.3) is 5.91 Å². The summed E-state index contributed by atoms with van der Waals surface area (Å²) in [5.74, 6) is 0.133. The molecular weight excluding hydrogens is 430 g/mol. The summed E-state index contributed by atoms with van der Waals surface area (Å²) in [4.78, 5) is 43.0. The van der Waals surface area contributed by atoms with E-state index in [4.69, 9.17) is 9.47 Å². The number of carbonyl (C=O) groups excluding carboxylic acids is 3. The van der Waals surface area contributed by atoms with Crippen LogP contribution in [0, 0.1) is 0 Å². The molecule has 1 aliphatic heterocycles. The summed E-state index contributed by atoms with van der Waals surface area (Å²) in [6, 6.07) is 10.1. The van der Waals surface area contributed by atoms with Crippen molar-refractivity contribution >= 4 is 45.0 Å². The van der Waals surface area contributed by atoms with Crippen molar-refractivity contribution in [3.63, 3.8) is 0 Å². The van der Waals surface area contributed by atoms with Gasteiger partial charge in [0.2, 0.25) is 11.8 Å². The number of ether oxygens (including phenoxy) is 2. The fourth-order valence-corrected chi connectivity index (χ4v) is 4.63. The molecule has 0 N–H and O–H groups in total. The maximum absolute atomic E-state index is 13.0. The van der Waals surface area contributed by atoms with Crippen LogP contribution in [0.5, 0.6) is 11.5 Å². The van der Waals surface area contributed by atoms with E-state index in [9.17, 15) is 14.4 Å². The fourth-order valence-electron chi connectivity index (χ4n) is 3.58. The molecule has 0 saturated carbocycles. The zero-order valence-corrected chi connectivity index (χ0v) is 18.5. The minimum absolute atomic E-state index is 0.178. The molecule has 1 fully saturated rings. The minimum Gasteiger partial charge on any atom is -0.493 e. The molecule has 164 valence electrons. The first kappa shape index (κ1) is 21.5. The minimum atomic E-state index is -0.478. The molecule has 3 amide bonds. The molecule has 0 aliphatic carbocycles. The number of fused-ring (bicyclic) bond motifs is 1. The van der Waals surface area contributed by atoms with Gasteiger partial charge in [0.15, 0.2) is 16.3 Å². The molecule has 2 aromatic carbocycles. The number of carbonyl (C=O) groups is 3. The van der Waals surface area contributed by atoms with E-state index in [0.29, 0.717) is 28.5 Å². The number of thiazole rings is 1. The SMILES string of the molecule is C=CCn1c(=NC(=O)c2cccc(N3C(=O)CCC3=O)c2)sc2cc(OC)c(OC)cc21. The first-order valence-corrected chi connectivity index (χ1v) is 10.7. The molecule has 3 aromatic rings. The molecule has 1 aliphatic rings. The standard InChI is InChI=1S/C23H21N3O5S/c1-4-10-25-16-12-17(30-2)18(31-3)13-19(16)32-23(25)24-22(29)14-6-5-7-15(11-14)26-20(27)8-9-21(26)28/h4-7,11-13H,1,8-10H2,2-3H3. The number of hydrogen-bond acceptors (Lipinski definition) is 6. The van der Waals surface area contributed by atoms with E-state index < -0.39 is 5.91 Å². The van der Waals surface area contributed by atoms with E-state index in [-0.39, 0.29) is 30.2 Å². The molecule has 9 heteroatoms. The molecular formula is C23H21N3O5S. The Bertz CT molecular complexity index is 1300. The Labute approximate surface area is 188 Å². The second kappa shape index (κ2) is 8.80. The van der Waals surface area contributed by atoms with Crippen LogP contribution in [0.15, 0.2) is 54.0 Å². The average molecular weight is 452 g/mol. The van der Waals surface area contributed by atoms with E-state index in [2.05, 4.69) is 11.6 Å². The van der Waals surface area contributed by atoms with Crippen molar-refractivity contribution in [3.05, 3.63) is 59.4 Å². The molecule has 0 atom stereocenters. The summed E-state index contributed by atoms with van der Waals surface area (Å²) < 4.78 is 13.5. The number of methoxy groups -OCH3 is 2. The highest BCUT2D eigenvalue weighted by molar-refractivity contribution is 7.16. The average Bonchev–Trinajstić information content (AvgIpc) is 3.31. The smallest absolute Gasteiger partial charge is 0.279 e. The van der Waals surface area contributed by atoms with Crippen molar-refractivity contribution in [1.82, 2.24) is 4.57 Å². The van der Waals surface area contributed by atoms with E-state index in [1.807, 2.05) is 16.7 Å². The van der Waals surface area contributed by atoms with Crippen LogP contribution in [0.4, 0.5) is 5.69 Å². The highest BCUT2D eigenvalue weighted by Gasteiger charge is 2.30. The van der Waals surface area contributed by atoms with Gasteiger partial charge in [0.1, 0.15) is 0 Å². The van der Waals surface area contributed by atoms with Gasteiger partial charge in [-0.05, 0) is 18.2 Å². The molecule has 32 heavy (non-hydrogen) atoms. The lowest BCUT2D eigenvalue weighted by Gasteiger charge is -2.14. The van der Waals surface area contributed by atoms with Crippen LogP contribution >= 0.6 is 11.3 Å². The number of hydrogen-bond donors (Lipinski definition) is 0. The van der Waals surface area contributed by atoms with Crippen molar-refractivity contribution in [2.24, 2.45) is 4.99 Å². The second-order valence-electron chi connectivity index (χ2n) is 7.05. The Balaban J connectivity index is 1.79. The van der Waals surface area contributed by atoms with Crippen LogP contribution in [-0.2, 0) is 16.1 Å². The fraction of sp³-hybridized carbons (Fsp3) is 0.217. The lowest BCUT2D eigenvalue weighted by molar-refractivity contribution is -0.121. The Morgan fingerprint density at radius 1 is 1.12 bits per heavy atom. The zero-order valence-electron chi connectivity index (χ0n) is 17.7. The van der Waals surface area contributed by atoms with E-state index in [1.54, 1.807) is 38.5 Å². The number of rotatable bonds is 6. The molecule has 4 rings (SSSR count). The Morgan fingerprint density at radius 2 is 1.81 bits per heavy atom. The van der Waals surface area contributed by atoms with Gasteiger partial charge in [-0.1, -0.05) is 23.5 Å². The van der Waals surface area contributed by atoms with Gasteiger partial charge in [-0.25, -0.2) is 0 Å². The van der Waals surface area contributed by atoms with Crippen molar-refractivity contribution in [2.75, 3.05) is 19.1 Å². The van der Waals surface area contributed by atoms with E-state index in [0.717, 1.165) is 15.1 Å². The summed E-state index contributed by atoms with van der Waals surface area (Å²) in [5, 5.41) is 0. The van der Waals surface area contributed by atoms with E-state index >= 15 is 0 Å². The second-order valence-corrected chi connectivity index (χ2v) is 8.06. The summed E-state index contributed by atoms with van der Waals surface area (Å²) in [6.07, 6.45) is 2.08. The topological polar surface area (TPSA) is 90.2 Å². The first-order chi connectivity index (χ1) is 15.5. The van der Waals surface area contributed by atoms with Crippen LogP contribution < -0.4 is 19.2 Å². The highest BCUT2D eigenvalue weighted by Crippen LogP contribution is 2.33. The summed E-state index contributed by atoms with van der Waals surface area (Å²) in [5.41, 5.74) is 1.50. The Kier molecular flexibility index (Phi) is 5.91. The third kappa shape index (κ3) is 3.82. The molecule has 2 heterocycles. The van der Waals surface area contributed by atoms with Gasteiger partial charge in [-0.2, -0.15) is 4.99 Å². The number of amides is 3. The number of aromatic nitrogens is 1. The molecule has 0 radical (unpaired) electrons. The van der Waals surface area contributed by atoms with Crippen LogP contribution in [0.1, 0.15) is 23.2 Å². The normalized spacial score (nSPS) is 14.3. The van der Waals surface area contributed by atoms with Crippen LogP contribution in [0.25, 0.3) is 10.2 Å². The summed E-state index contributed by atoms with van der Waals surface area (Å²) in [6.45, 7) is 4.24. The monoisotopic (exact) mass is 451 g/mol. The van der Waals surface area contributed by atoms with Gasteiger partial charge >= 0.3 is 0 Å². The van der Waals surface area contributed by atoms with Gasteiger partial charge < -0.3 is 14.0 Å². The lowest BCUT2D eigenvalue weighted by atomic mass is 10.2. The Hall–Kier alpha value is -3.72. The quantitative estimate of drug-likeness (QED) is 0.424. The van der Waals surface area contributed by atoms with Crippen molar-refractivity contribution in [1.29, 1.82) is 0 Å². The van der Waals surface area contributed by atoms with Crippen LogP contribution in [-0.4, -0.2) is 36.5 Å². The summed E-state index contributed by atoms with van der Waals surface area (Å²) in [7, 11) is 3.12. The molecule has 1 aromatic heterocycles. The molecule has 1 saturated heterocycles. The third-order valence-corrected chi connectivity index (χ3v) is 6.14. The first-order valence-electron chi connectivity index (χ1n) is 9.88. The van der Waals surface area contributed by atoms with Crippen molar-refractivity contribution < 1.29 is 23.9 Å². The Morgan fingerprint density at radius 3 is 2.47 bits per heavy atom. The largest absolute Gasteiger partial charge is 0.493 e. The van der Waals surface area contributed by atoms with Gasteiger partial charge in [0, 0.05) is 37.1 Å². The molecule has 0 spiro atoms. The molecule has 8 nitrogen and oxygen atoms in total. The number of imide groups is 1. The van der Waals surface area contributed by atoms with Gasteiger partial charge in [-0.15, -0.1) is 6.58 Å². The van der Waals surface area contributed by atoms with Crippen LogP contribution in [0.2, 0.25) is 0 Å². The van der Waals surface area contributed by atoms with Crippen molar-refractivity contribution in [3.8, 4) is 11.5 Å². The van der Waals surface area contributed by atoms with Crippen LogP contribution in [0.3, 0.4) is 0 Å². The number of nitrogens with zero attached hydrogens (tertiary/aromatic N) is 3. The predicted octanol–water partition coefficient (Wildman–Crippen LogP) is 3.30.